The van der Waals surface area contributed by atoms with Gasteiger partial charge in [-0.15, -0.1) is 15.3 Å². The molecule has 13 heteroatoms. The van der Waals surface area contributed by atoms with Crippen LogP contribution in [0.3, 0.4) is 0 Å². The molecular weight excluding hydrogens is 401 g/mol. The van der Waals surface area contributed by atoms with E-state index >= 15 is 0 Å². The molecule has 1 fully saturated rings. The van der Waals surface area contributed by atoms with E-state index in [4.69, 9.17) is 0 Å². The zero-order chi connectivity index (χ0) is 21.0. The summed E-state index contributed by atoms with van der Waals surface area (Å²) in [6.07, 6.45) is -2.87. The summed E-state index contributed by atoms with van der Waals surface area (Å²) in [5.74, 6) is 0.779. The molecule has 0 spiro atoms. The van der Waals surface area contributed by atoms with E-state index < -0.39 is 12.0 Å². The SMILES string of the molecule is Cc1nc(N2CCN(c3ccc4nnc(C(F)(F)F)n4n3)CC2)c2cnn(C)c2n1. The van der Waals surface area contributed by atoms with Gasteiger partial charge in [0.15, 0.2) is 11.3 Å². The molecule has 5 heterocycles. The normalized spacial score (nSPS) is 15.5. The Kier molecular flexibility index (Phi) is 4.01. The molecule has 1 aliphatic heterocycles. The first kappa shape index (κ1) is 18.5. The second kappa shape index (κ2) is 6.50. The second-order valence-electron chi connectivity index (χ2n) is 7.06. The Bertz CT molecular complexity index is 1240. The van der Waals surface area contributed by atoms with Crippen LogP contribution in [-0.2, 0) is 13.2 Å². The number of fused-ring (bicyclic) bond motifs is 2. The molecule has 0 amide bonds. The fraction of sp³-hybridized carbons (Fsp3) is 0.412. The van der Waals surface area contributed by atoms with Crippen molar-refractivity contribution in [1.82, 2.24) is 39.6 Å². The van der Waals surface area contributed by atoms with Gasteiger partial charge in [-0.1, -0.05) is 0 Å². The molecule has 0 atom stereocenters. The molecule has 10 nitrogen and oxygen atoms in total. The van der Waals surface area contributed by atoms with Crippen molar-refractivity contribution < 1.29 is 13.2 Å². The quantitative estimate of drug-likeness (QED) is 0.483. The summed E-state index contributed by atoms with van der Waals surface area (Å²) in [4.78, 5) is 13.1. The first-order valence-corrected chi connectivity index (χ1v) is 9.27. The minimum Gasteiger partial charge on any atom is -0.352 e. The van der Waals surface area contributed by atoms with Crippen molar-refractivity contribution in [1.29, 1.82) is 0 Å². The third-order valence-corrected chi connectivity index (χ3v) is 5.09. The maximum absolute atomic E-state index is 13.1. The number of aromatic nitrogens is 8. The van der Waals surface area contributed by atoms with Crippen LogP contribution in [0.15, 0.2) is 18.3 Å². The molecular formula is C17H17F3N10. The van der Waals surface area contributed by atoms with Gasteiger partial charge in [0.2, 0.25) is 0 Å². The lowest BCUT2D eigenvalue weighted by atomic mass is 10.2. The van der Waals surface area contributed by atoms with Gasteiger partial charge in [0.05, 0.1) is 11.6 Å². The van der Waals surface area contributed by atoms with Crippen LogP contribution in [0, 0.1) is 6.92 Å². The van der Waals surface area contributed by atoms with E-state index in [0.717, 1.165) is 21.4 Å². The van der Waals surface area contributed by atoms with Gasteiger partial charge >= 0.3 is 6.18 Å². The molecule has 0 unspecified atom stereocenters. The molecule has 1 saturated heterocycles. The third-order valence-electron chi connectivity index (χ3n) is 5.09. The van der Waals surface area contributed by atoms with Crippen LogP contribution in [0.1, 0.15) is 11.6 Å². The van der Waals surface area contributed by atoms with E-state index in [1.807, 2.05) is 18.9 Å². The first-order chi connectivity index (χ1) is 14.3. The van der Waals surface area contributed by atoms with E-state index in [1.165, 1.54) is 6.07 Å². The molecule has 0 aliphatic carbocycles. The van der Waals surface area contributed by atoms with Crippen molar-refractivity contribution in [2.45, 2.75) is 13.1 Å². The average Bonchev–Trinajstić information content (AvgIpc) is 3.31. The Morgan fingerprint density at radius 1 is 0.967 bits per heavy atom. The van der Waals surface area contributed by atoms with Gasteiger partial charge in [0, 0.05) is 33.2 Å². The van der Waals surface area contributed by atoms with Gasteiger partial charge in [-0.25, -0.2) is 9.97 Å². The Morgan fingerprint density at radius 2 is 1.70 bits per heavy atom. The summed E-state index contributed by atoms with van der Waals surface area (Å²) in [7, 11) is 1.83. The number of alkyl halides is 3. The van der Waals surface area contributed by atoms with Crippen molar-refractivity contribution in [3.8, 4) is 0 Å². The highest BCUT2D eigenvalue weighted by Crippen LogP contribution is 2.29. The molecule has 4 aromatic heterocycles. The molecule has 156 valence electrons. The molecule has 0 saturated carbocycles. The lowest BCUT2D eigenvalue weighted by Crippen LogP contribution is -2.47. The highest BCUT2D eigenvalue weighted by atomic mass is 19.4. The second-order valence-corrected chi connectivity index (χ2v) is 7.06. The Balaban J connectivity index is 1.40. The smallest absolute Gasteiger partial charge is 0.352 e. The van der Waals surface area contributed by atoms with Crippen LogP contribution in [0.4, 0.5) is 24.8 Å². The first-order valence-electron chi connectivity index (χ1n) is 9.27. The van der Waals surface area contributed by atoms with Gasteiger partial charge in [0.25, 0.3) is 5.82 Å². The van der Waals surface area contributed by atoms with E-state index in [1.54, 1.807) is 16.9 Å². The Labute approximate surface area is 167 Å². The number of hydrogen-bond donors (Lipinski definition) is 0. The summed E-state index contributed by atoms with van der Waals surface area (Å²) >= 11 is 0. The maximum Gasteiger partial charge on any atom is 0.453 e. The molecule has 30 heavy (non-hydrogen) atoms. The van der Waals surface area contributed by atoms with Crippen molar-refractivity contribution >= 4 is 28.3 Å². The van der Waals surface area contributed by atoms with Crippen LogP contribution in [0.5, 0.6) is 0 Å². The number of anilines is 2. The topological polar surface area (TPSA) is 93.2 Å². The fourth-order valence-electron chi connectivity index (χ4n) is 3.63. The Hall–Kier alpha value is -3.51. The predicted octanol–water partition coefficient (Wildman–Crippen LogP) is 1.45. The van der Waals surface area contributed by atoms with Crippen molar-refractivity contribution in [2.75, 3.05) is 36.0 Å². The van der Waals surface area contributed by atoms with Crippen LogP contribution in [0.25, 0.3) is 16.7 Å². The fourth-order valence-corrected chi connectivity index (χ4v) is 3.63. The van der Waals surface area contributed by atoms with Gasteiger partial charge in [-0.2, -0.15) is 22.8 Å². The number of halogens is 3. The number of rotatable bonds is 2. The highest BCUT2D eigenvalue weighted by molar-refractivity contribution is 5.87. The predicted molar refractivity (Wildman–Crippen MR) is 101 cm³/mol. The number of piperazine rings is 1. The van der Waals surface area contributed by atoms with E-state index in [9.17, 15) is 13.2 Å². The lowest BCUT2D eigenvalue weighted by Gasteiger charge is -2.36. The summed E-state index contributed by atoms with van der Waals surface area (Å²) in [5.41, 5.74) is 0.819. The van der Waals surface area contributed by atoms with Gasteiger partial charge < -0.3 is 9.80 Å². The van der Waals surface area contributed by atoms with Gasteiger partial charge in [-0.05, 0) is 19.1 Å². The monoisotopic (exact) mass is 418 g/mol. The summed E-state index contributed by atoms with van der Waals surface area (Å²) in [5, 5.41) is 16.0. The molecule has 0 N–H and O–H groups in total. The van der Waals surface area contributed by atoms with Crippen LogP contribution in [-0.4, -0.2) is 65.7 Å². The van der Waals surface area contributed by atoms with Crippen LogP contribution >= 0.6 is 0 Å². The van der Waals surface area contributed by atoms with E-state index in [2.05, 4.69) is 35.3 Å². The van der Waals surface area contributed by atoms with E-state index in [0.29, 0.717) is 37.8 Å². The average molecular weight is 418 g/mol. The molecule has 1 aliphatic rings. The Morgan fingerprint density at radius 3 is 2.43 bits per heavy atom. The van der Waals surface area contributed by atoms with Gasteiger partial charge in [-0.3, -0.25) is 4.68 Å². The maximum atomic E-state index is 13.1. The highest BCUT2D eigenvalue weighted by Gasteiger charge is 2.38. The van der Waals surface area contributed by atoms with Crippen molar-refractivity contribution in [3.63, 3.8) is 0 Å². The number of hydrogen-bond acceptors (Lipinski definition) is 8. The zero-order valence-corrected chi connectivity index (χ0v) is 16.2. The zero-order valence-electron chi connectivity index (χ0n) is 16.2. The minimum atomic E-state index is -4.62. The molecule has 0 bridgehead atoms. The molecule has 4 aromatic rings. The van der Waals surface area contributed by atoms with Crippen LogP contribution < -0.4 is 9.80 Å². The largest absolute Gasteiger partial charge is 0.453 e. The van der Waals surface area contributed by atoms with Crippen molar-refractivity contribution in [2.24, 2.45) is 7.05 Å². The number of aryl methyl sites for hydroxylation is 2. The molecule has 0 aromatic carbocycles. The minimum absolute atomic E-state index is 0.0557. The number of nitrogens with zero attached hydrogens (tertiary/aromatic N) is 10. The van der Waals surface area contributed by atoms with Crippen LogP contribution in [0.2, 0.25) is 0 Å². The standard InChI is InChI=1S/C17H17F3N10/c1-10-22-14-11(9-21-27(14)2)15(23-10)29-7-5-28(6-8-29)13-4-3-12-24-25-16(17(18,19)20)30(12)26-13/h3-4,9H,5-8H2,1-2H3. The summed E-state index contributed by atoms with van der Waals surface area (Å²) in [6.45, 7) is 4.26. The summed E-state index contributed by atoms with van der Waals surface area (Å²) < 4.78 is 41.8. The van der Waals surface area contributed by atoms with Crippen molar-refractivity contribution in [3.05, 3.63) is 30.0 Å². The lowest BCUT2D eigenvalue weighted by molar-refractivity contribution is -0.146. The summed E-state index contributed by atoms with van der Waals surface area (Å²) in [6, 6.07) is 3.15. The van der Waals surface area contributed by atoms with E-state index in [-0.39, 0.29) is 5.65 Å². The molecule has 0 radical (unpaired) electrons. The molecule has 5 rings (SSSR count). The third kappa shape index (κ3) is 2.97. The van der Waals surface area contributed by atoms with Gasteiger partial charge in [0.1, 0.15) is 17.5 Å².